The summed E-state index contributed by atoms with van der Waals surface area (Å²) >= 11 is 0. The van der Waals surface area contributed by atoms with E-state index in [0.29, 0.717) is 13.2 Å². The number of ether oxygens (including phenoxy) is 1. The molecule has 1 amide bonds. The first kappa shape index (κ1) is 13.7. The molecule has 0 aliphatic heterocycles. The average Bonchev–Trinajstić information content (AvgIpc) is 2.72. The first-order valence-corrected chi connectivity index (χ1v) is 5.61. The molecular weight excluding hydrogens is 220 g/mol. The molecule has 1 aromatic rings. The molecule has 0 radical (unpaired) electrons. The van der Waals surface area contributed by atoms with Gasteiger partial charge < -0.3 is 15.0 Å². The van der Waals surface area contributed by atoms with Crippen molar-refractivity contribution in [2.24, 2.45) is 5.73 Å². The zero-order chi connectivity index (χ0) is 12.8. The molecule has 0 bridgehead atoms. The number of nitrogens with one attached hydrogen (secondary N) is 1. The monoisotopic (exact) mass is 240 g/mol. The molecule has 1 atom stereocenters. The number of nitrogens with two attached hydrogens (primary N) is 1. The van der Waals surface area contributed by atoms with E-state index in [9.17, 15) is 4.79 Å². The Morgan fingerprint density at radius 2 is 2.35 bits per heavy atom. The minimum atomic E-state index is -0.532. The van der Waals surface area contributed by atoms with Crippen molar-refractivity contribution < 1.29 is 9.53 Å². The van der Waals surface area contributed by atoms with Crippen LogP contribution in [-0.2, 0) is 9.53 Å². The van der Waals surface area contributed by atoms with Gasteiger partial charge in [0.05, 0.1) is 24.8 Å². The lowest BCUT2D eigenvalue weighted by atomic mass is 10.2. The number of aromatic nitrogens is 2. The van der Waals surface area contributed by atoms with Crippen LogP contribution in [0.25, 0.3) is 0 Å². The Labute approximate surface area is 101 Å². The Kier molecular flexibility index (Phi) is 5.11. The van der Waals surface area contributed by atoms with Gasteiger partial charge in [-0.05, 0) is 13.8 Å². The minimum absolute atomic E-state index is 0.235. The second-order valence-corrected chi connectivity index (χ2v) is 4.10. The minimum Gasteiger partial charge on any atom is -0.383 e. The van der Waals surface area contributed by atoms with Crippen LogP contribution in [0.3, 0.4) is 0 Å². The second-order valence-electron chi connectivity index (χ2n) is 4.10. The molecule has 96 valence electrons. The van der Waals surface area contributed by atoms with E-state index < -0.39 is 11.9 Å². The number of rotatable bonds is 7. The van der Waals surface area contributed by atoms with Crippen LogP contribution in [0.2, 0.25) is 0 Å². The summed E-state index contributed by atoms with van der Waals surface area (Å²) in [5.41, 5.74) is 6.18. The van der Waals surface area contributed by atoms with E-state index in [0.717, 1.165) is 5.69 Å². The molecule has 0 fully saturated rings. The first-order chi connectivity index (χ1) is 8.07. The largest absolute Gasteiger partial charge is 0.383 e. The van der Waals surface area contributed by atoms with Gasteiger partial charge in [0.15, 0.2) is 0 Å². The standard InChI is InChI=1S/C11H20N4O2/c1-8(2)15-7-13-6-9(15)10(11(12)16)14-4-5-17-3/h6-8,10,14H,4-5H2,1-3H3,(H2,12,16). The quantitative estimate of drug-likeness (QED) is 0.668. The summed E-state index contributed by atoms with van der Waals surface area (Å²) in [5.74, 6) is -0.413. The maximum absolute atomic E-state index is 11.4. The predicted octanol–water partition coefficient (Wildman–Crippen LogP) is 0.226. The molecule has 6 heteroatoms. The first-order valence-electron chi connectivity index (χ1n) is 5.61. The van der Waals surface area contributed by atoms with Crippen LogP contribution in [0.5, 0.6) is 0 Å². The third-order valence-electron chi connectivity index (χ3n) is 2.49. The molecule has 0 saturated heterocycles. The Morgan fingerprint density at radius 3 is 2.88 bits per heavy atom. The fourth-order valence-corrected chi connectivity index (χ4v) is 1.63. The Balaban J connectivity index is 2.82. The normalized spacial score (nSPS) is 12.9. The van der Waals surface area contributed by atoms with E-state index in [1.165, 1.54) is 0 Å². The Hall–Kier alpha value is -1.40. The molecule has 6 nitrogen and oxygen atoms in total. The Bertz CT molecular complexity index is 362. The van der Waals surface area contributed by atoms with Crippen LogP contribution >= 0.6 is 0 Å². The second kappa shape index (κ2) is 6.36. The molecule has 0 aliphatic carbocycles. The third kappa shape index (κ3) is 3.54. The van der Waals surface area contributed by atoms with Crippen molar-refractivity contribution in [1.82, 2.24) is 14.9 Å². The zero-order valence-corrected chi connectivity index (χ0v) is 10.5. The highest BCUT2D eigenvalue weighted by Gasteiger charge is 2.21. The SMILES string of the molecule is COCCNC(C(N)=O)c1cncn1C(C)C. The fraction of sp³-hybridized carbons (Fsp3) is 0.636. The van der Waals surface area contributed by atoms with E-state index in [-0.39, 0.29) is 6.04 Å². The van der Waals surface area contributed by atoms with Gasteiger partial charge in [0, 0.05) is 19.7 Å². The highest BCUT2D eigenvalue weighted by atomic mass is 16.5. The number of nitrogens with zero attached hydrogens (tertiary/aromatic N) is 2. The van der Waals surface area contributed by atoms with Gasteiger partial charge >= 0.3 is 0 Å². The molecule has 0 spiro atoms. The van der Waals surface area contributed by atoms with Crippen molar-refractivity contribution in [2.45, 2.75) is 25.9 Å². The molecular formula is C11H20N4O2. The molecule has 17 heavy (non-hydrogen) atoms. The Morgan fingerprint density at radius 1 is 1.65 bits per heavy atom. The number of imidazole rings is 1. The smallest absolute Gasteiger partial charge is 0.240 e. The maximum Gasteiger partial charge on any atom is 0.240 e. The van der Waals surface area contributed by atoms with Crippen molar-refractivity contribution in [1.29, 1.82) is 0 Å². The summed E-state index contributed by atoms with van der Waals surface area (Å²) in [6, 6.07) is -0.298. The van der Waals surface area contributed by atoms with E-state index in [4.69, 9.17) is 10.5 Å². The average molecular weight is 240 g/mol. The predicted molar refractivity (Wildman–Crippen MR) is 64.4 cm³/mol. The van der Waals surface area contributed by atoms with Gasteiger partial charge in [-0.25, -0.2) is 4.98 Å². The summed E-state index contributed by atoms with van der Waals surface area (Å²) in [7, 11) is 1.61. The third-order valence-corrected chi connectivity index (χ3v) is 2.49. The maximum atomic E-state index is 11.4. The fourth-order valence-electron chi connectivity index (χ4n) is 1.63. The van der Waals surface area contributed by atoms with Gasteiger partial charge in [-0.3, -0.25) is 10.1 Å². The number of carbonyl (C=O) groups excluding carboxylic acids is 1. The van der Waals surface area contributed by atoms with Gasteiger partial charge in [0.25, 0.3) is 0 Å². The van der Waals surface area contributed by atoms with Crippen LogP contribution in [0.4, 0.5) is 0 Å². The summed E-state index contributed by atoms with van der Waals surface area (Å²) in [6.07, 6.45) is 3.36. The summed E-state index contributed by atoms with van der Waals surface area (Å²) in [6.45, 7) is 5.14. The number of methoxy groups -OCH3 is 1. The number of hydrogen-bond acceptors (Lipinski definition) is 4. The van der Waals surface area contributed by atoms with Gasteiger partial charge in [-0.15, -0.1) is 0 Å². The van der Waals surface area contributed by atoms with Crippen molar-refractivity contribution in [3.8, 4) is 0 Å². The molecule has 0 saturated carbocycles. The van der Waals surface area contributed by atoms with Crippen molar-refractivity contribution in [2.75, 3.05) is 20.3 Å². The van der Waals surface area contributed by atoms with E-state index >= 15 is 0 Å². The van der Waals surface area contributed by atoms with Crippen LogP contribution < -0.4 is 11.1 Å². The van der Waals surface area contributed by atoms with Crippen LogP contribution in [0.15, 0.2) is 12.5 Å². The summed E-state index contributed by atoms with van der Waals surface area (Å²) in [5, 5.41) is 3.06. The van der Waals surface area contributed by atoms with Gasteiger partial charge in [0.2, 0.25) is 5.91 Å². The molecule has 1 unspecified atom stereocenters. The topological polar surface area (TPSA) is 82.2 Å². The van der Waals surface area contributed by atoms with Crippen molar-refractivity contribution in [3.05, 3.63) is 18.2 Å². The lowest BCUT2D eigenvalue weighted by Crippen LogP contribution is -2.36. The highest BCUT2D eigenvalue weighted by Crippen LogP contribution is 2.16. The van der Waals surface area contributed by atoms with Gasteiger partial charge in [-0.1, -0.05) is 0 Å². The van der Waals surface area contributed by atoms with Gasteiger partial charge in [-0.2, -0.15) is 0 Å². The van der Waals surface area contributed by atoms with Crippen molar-refractivity contribution in [3.63, 3.8) is 0 Å². The van der Waals surface area contributed by atoms with E-state index in [1.807, 2.05) is 18.4 Å². The molecule has 0 aromatic carbocycles. The highest BCUT2D eigenvalue weighted by molar-refractivity contribution is 5.80. The molecule has 1 rings (SSSR count). The van der Waals surface area contributed by atoms with Gasteiger partial charge in [0.1, 0.15) is 6.04 Å². The molecule has 0 aliphatic rings. The number of carbonyl (C=O) groups is 1. The lowest BCUT2D eigenvalue weighted by molar-refractivity contribution is -0.120. The van der Waals surface area contributed by atoms with Crippen LogP contribution in [0.1, 0.15) is 31.6 Å². The molecule has 3 N–H and O–H groups in total. The summed E-state index contributed by atoms with van der Waals surface area (Å²) < 4.78 is 6.86. The zero-order valence-electron chi connectivity index (χ0n) is 10.5. The number of amides is 1. The molecule has 1 aromatic heterocycles. The lowest BCUT2D eigenvalue weighted by Gasteiger charge is -2.19. The van der Waals surface area contributed by atoms with Crippen LogP contribution in [0, 0.1) is 0 Å². The summed E-state index contributed by atoms with van der Waals surface area (Å²) in [4.78, 5) is 15.5. The van der Waals surface area contributed by atoms with Crippen LogP contribution in [-0.4, -0.2) is 35.7 Å². The van der Waals surface area contributed by atoms with Crippen molar-refractivity contribution >= 4 is 5.91 Å². The van der Waals surface area contributed by atoms with E-state index in [1.54, 1.807) is 19.6 Å². The number of hydrogen-bond donors (Lipinski definition) is 2. The van der Waals surface area contributed by atoms with E-state index in [2.05, 4.69) is 10.3 Å². The molecule has 1 heterocycles. The number of primary amides is 1.